The van der Waals surface area contributed by atoms with Gasteiger partial charge in [-0.3, -0.25) is 4.79 Å². The molecule has 0 radical (unpaired) electrons. The maximum absolute atomic E-state index is 12.9. The molecular formula is C18H28N2O4. The number of hydrogen-bond donors (Lipinski definition) is 3. The van der Waals surface area contributed by atoms with Gasteiger partial charge in [0.1, 0.15) is 6.10 Å². The van der Waals surface area contributed by atoms with E-state index in [9.17, 15) is 15.0 Å². The Morgan fingerprint density at radius 3 is 2.79 bits per heavy atom. The quantitative estimate of drug-likeness (QED) is 0.707. The van der Waals surface area contributed by atoms with Gasteiger partial charge in [0.2, 0.25) is 0 Å². The number of benzene rings is 1. The van der Waals surface area contributed by atoms with Crippen molar-refractivity contribution in [3.8, 4) is 0 Å². The number of carbonyl (C=O) groups is 1. The van der Waals surface area contributed by atoms with Crippen molar-refractivity contribution in [3.05, 3.63) is 35.4 Å². The number of aliphatic hydroxyl groups excluding tert-OH is 2. The van der Waals surface area contributed by atoms with Crippen molar-refractivity contribution < 1.29 is 19.7 Å². The number of aliphatic hydroxyl groups is 2. The van der Waals surface area contributed by atoms with Gasteiger partial charge in [0.05, 0.1) is 19.3 Å². The molecule has 2 rings (SSSR count). The number of ether oxygens (including phenoxy) is 1. The molecule has 1 fully saturated rings. The maximum atomic E-state index is 12.9. The van der Waals surface area contributed by atoms with E-state index in [2.05, 4.69) is 0 Å². The van der Waals surface area contributed by atoms with Crippen molar-refractivity contribution in [2.45, 2.75) is 32.6 Å². The smallest absolute Gasteiger partial charge is 0.253 e. The Hall–Kier alpha value is -1.47. The normalized spacial score (nSPS) is 24.2. The maximum Gasteiger partial charge on any atom is 0.253 e. The number of nitrogens with two attached hydrogens (primary N) is 1. The monoisotopic (exact) mass is 336 g/mol. The minimum Gasteiger partial charge on any atom is -0.390 e. The molecule has 1 saturated heterocycles. The lowest BCUT2D eigenvalue weighted by molar-refractivity contribution is -0.124. The summed E-state index contributed by atoms with van der Waals surface area (Å²) in [6.07, 6.45) is -1.78. The predicted octanol–water partition coefficient (Wildman–Crippen LogP) is 0.612. The van der Waals surface area contributed by atoms with Crippen LogP contribution < -0.4 is 5.73 Å². The highest BCUT2D eigenvalue weighted by Crippen LogP contribution is 2.19. The molecule has 1 aromatic carbocycles. The van der Waals surface area contributed by atoms with E-state index >= 15 is 0 Å². The molecular weight excluding hydrogens is 308 g/mol. The fourth-order valence-corrected chi connectivity index (χ4v) is 2.99. The first-order valence-electron chi connectivity index (χ1n) is 8.44. The second-order valence-corrected chi connectivity index (χ2v) is 6.86. The highest BCUT2D eigenvalue weighted by Gasteiger charge is 2.33. The predicted molar refractivity (Wildman–Crippen MR) is 91.4 cm³/mol. The summed E-state index contributed by atoms with van der Waals surface area (Å²) in [4.78, 5) is 14.6. The fraction of sp³-hybridized carbons (Fsp3) is 0.611. The van der Waals surface area contributed by atoms with Crippen LogP contribution in [0.25, 0.3) is 0 Å². The second kappa shape index (κ2) is 8.58. The SMILES string of the molecule is CC(C)CN(C[C@@H]1COC[C@@H](O)[C@H]1O)C(=O)c1cccc(CN)c1. The summed E-state index contributed by atoms with van der Waals surface area (Å²) in [6, 6.07) is 7.29. The van der Waals surface area contributed by atoms with Gasteiger partial charge in [0.15, 0.2) is 0 Å². The summed E-state index contributed by atoms with van der Waals surface area (Å²) in [7, 11) is 0. The van der Waals surface area contributed by atoms with E-state index in [1.807, 2.05) is 26.0 Å². The van der Waals surface area contributed by atoms with Crippen molar-refractivity contribution in [2.75, 3.05) is 26.3 Å². The zero-order valence-corrected chi connectivity index (χ0v) is 14.4. The molecule has 4 N–H and O–H groups in total. The van der Waals surface area contributed by atoms with Crippen LogP contribution >= 0.6 is 0 Å². The molecule has 1 aliphatic rings. The van der Waals surface area contributed by atoms with E-state index in [1.165, 1.54) is 0 Å². The molecule has 3 atom stereocenters. The number of rotatable bonds is 6. The highest BCUT2D eigenvalue weighted by molar-refractivity contribution is 5.94. The topological polar surface area (TPSA) is 96.0 Å². The molecule has 134 valence electrons. The van der Waals surface area contributed by atoms with Gasteiger partial charge in [-0.25, -0.2) is 0 Å². The van der Waals surface area contributed by atoms with E-state index in [0.29, 0.717) is 37.7 Å². The zero-order chi connectivity index (χ0) is 17.7. The third-order valence-electron chi connectivity index (χ3n) is 4.24. The van der Waals surface area contributed by atoms with E-state index in [-0.39, 0.29) is 18.4 Å². The summed E-state index contributed by atoms with van der Waals surface area (Å²) in [6.45, 7) is 5.86. The first-order chi connectivity index (χ1) is 11.4. The summed E-state index contributed by atoms with van der Waals surface area (Å²) in [5, 5.41) is 19.9. The Labute approximate surface area is 143 Å². The molecule has 1 aromatic rings. The Morgan fingerprint density at radius 2 is 2.12 bits per heavy atom. The van der Waals surface area contributed by atoms with Gasteiger partial charge in [0.25, 0.3) is 5.91 Å². The van der Waals surface area contributed by atoms with Crippen molar-refractivity contribution in [3.63, 3.8) is 0 Å². The van der Waals surface area contributed by atoms with Gasteiger partial charge in [-0.05, 0) is 23.6 Å². The molecule has 1 amide bonds. The number of nitrogens with zero attached hydrogens (tertiary/aromatic N) is 1. The summed E-state index contributed by atoms with van der Waals surface area (Å²) in [5.74, 6) is -0.0985. The van der Waals surface area contributed by atoms with Gasteiger partial charge in [-0.1, -0.05) is 26.0 Å². The highest BCUT2D eigenvalue weighted by atomic mass is 16.5. The van der Waals surface area contributed by atoms with Gasteiger partial charge < -0.3 is 25.6 Å². The van der Waals surface area contributed by atoms with E-state index in [0.717, 1.165) is 5.56 Å². The number of carbonyl (C=O) groups excluding carboxylic acids is 1. The molecule has 1 heterocycles. The minimum atomic E-state index is -0.902. The second-order valence-electron chi connectivity index (χ2n) is 6.86. The third-order valence-corrected chi connectivity index (χ3v) is 4.24. The Bertz CT molecular complexity index is 550. The van der Waals surface area contributed by atoms with Gasteiger partial charge in [-0.2, -0.15) is 0 Å². The van der Waals surface area contributed by atoms with Crippen LogP contribution in [0.2, 0.25) is 0 Å². The van der Waals surface area contributed by atoms with Crippen molar-refractivity contribution in [2.24, 2.45) is 17.6 Å². The van der Waals surface area contributed by atoms with Crippen LogP contribution in [0.4, 0.5) is 0 Å². The molecule has 0 saturated carbocycles. The molecule has 0 aromatic heterocycles. The zero-order valence-electron chi connectivity index (χ0n) is 14.4. The van der Waals surface area contributed by atoms with Crippen LogP contribution in [0.3, 0.4) is 0 Å². The number of amides is 1. The summed E-state index contributed by atoms with van der Waals surface area (Å²) < 4.78 is 5.33. The Balaban J connectivity index is 2.16. The van der Waals surface area contributed by atoms with Crippen LogP contribution in [-0.4, -0.2) is 59.5 Å². The van der Waals surface area contributed by atoms with Crippen molar-refractivity contribution in [1.82, 2.24) is 4.90 Å². The van der Waals surface area contributed by atoms with Gasteiger partial charge in [-0.15, -0.1) is 0 Å². The number of hydrogen-bond acceptors (Lipinski definition) is 5. The average molecular weight is 336 g/mol. The van der Waals surface area contributed by atoms with E-state index < -0.39 is 12.2 Å². The van der Waals surface area contributed by atoms with Crippen molar-refractivity contribution >= 4 is 5.91 Å². The first kappa shape index (κ1) is 18.9. The molecule has 1 aliphatic heterocycles. The van der Waals surface area contributed by atoms with E-state index in [1.54, 1.807) is 17.0 Å². The Morgan fingerprint density at radius 1 is 1.38 bits per heavy atom. The van der Waals surface area contributed by atoms with Crippen LogP contribution in [-0.2, 0) is 11.3 Å². The van der Waals surface area contributed by atoms with Crippen LogP contribution in [0.15, 0.2) is 24.3 Å². The molecule has 0 aliphatic carbocycles. The molecule has 6 nitrogen and oxygen atoms in total. The average Bonchev–Trinajstić information content (AvgIpc) is 2.57. The largest absolute Gasteiger partial charge is 0.390 e. The first-order valence-corrected chi connectivity index (χ1v) is 8.44. The van der Waals surface area contributed by atoms with Crippen LogP contribution in [0.1, 0.15) is 29.8 Å². The summed E-state index contributed by atoms with van der Waals surface area (Å²) in [5.41, 5.74) is 7.15. The van der Waals surface area contributed by atoms with Gasteiger partial charge >= 0.3 is 0 Å². The summed E-state index contributed by atoms with van der Waals surface area (Å²) >= 11 is 0. The van der Waals surface area contributed by atoms with E-state index in [4.69, 9.17) is 10.5 Å². The van der Waals surface area contributed by atoms with Crippen LogP contribution in [0.5, 0.6) is 0 Å². The van der Waals surface area contributed by atoms with Crippen molar-refractivity contribution in [1.29, 1.82) is 0 Å². The Kier molecular flexibility index (Phi) is 6.74. The molecule has 0 spiro atoms. The fourth-order valence-electron chi connectivity index (χ4n) is 2.99. The third kappa shape index (κ3) is 4.77. The minimum absolute atomic E-state index is 0.0914. The lowest BCUT2D eigenvalue weighted by Crippen LogP contribution is -2.50. The lowest BCUT2D eigenvalue weighted by atomic mass is 9.95. The molecule has 6 heteroatoms. The van der Waals surface area contributed by atoms with Crippen LogP contribution in [0, 0.1) is 11.8 Å². The molecule has 0 bridgehead atoms. The standard InChI is InChI=1S/C18H28N2O4/c1-12(2)8-20(9-15-10-24-11-16(21)17(15)22)18(23)14-5-3-4-13(6-14)7-19/h3-6,12,15-17,21-22H,7-11,19H2,1-2H3/t15-,16-,17+/m1/s1. The molecule has 24 heavy (non-hydrogen) atoms. The lowest BCUT2D eigenvalue weighted by Gasteiger charge is -2.36. The molecule has 0 unspecified atom stereocenters. The van der Waals surface area contributed by atoms with Gasteiger partial charge in [0, 0.05) is 31.1 Å².